The van der Waals surface area contributed by atoms with Crippen LogP contribution in [0.2, 0.25) is 0 Å². The number of nitrogens with two attached hydrogens (primary N) is 1. The molecule has 0 saturated carbocycles. The molecule has 3 rings (SSSR count). The Morgan fingerprint density at radius 3 is 2.46 bits per heavy atom. The Kier molecular flexibility index (Phi) is 5.64. The van der Waals surface area contributed by atoms with Crippen LogP contribution in [0.3, 0.4) is 0 Å². The molecule has 1 atom stereocenters. The van der Waals surface area contributed by atoms with E-state index in [0.717, 1.165) is 27.3 Å². The number of hydrogen-bond acceptors (Lipinski definition) is 3. The van der Waals surface area contributed by atoms with Crippen LogP contribution < -0.4 is 11.1 Å². The molecule has 0 fully saturated rings. The van der Waals surface area contributed by atoms with E-state index in [1.165, 1.54) is 11.8 Å². The summed E-state index contributed by atoms with van der Waals surface area (Å²) in [5.74, 6) is -0.0441. The standard InChI is InChI=1S/C22H22N2OS/c1-15-11-12-16(2)20(13-15)24-22(25)21(17-7-4-3-5-8-17)26-19-10-6-9-18(23)14-19/h3-14,21H,23H2,1-2H3,(H,24,25). The summed E-state index contributed by atoms with van der Waals surface area (Å²) in [5, 5.41) is 2.73. The van der Waals surface area contributed by atoms with Crippen molar-refractivity contribution >= 4 is 29.0 Å². The minimum Gasteiger partial charge on any atom is -0.399 e. The quantitative estimate of drug-likeness (QED) is 0.475. The smallest absolute Gasteiger partial charge is 0.242 e. The Bertz CT molecular complexity index is 909. The summed E-state index contributed by atoms with van der Waals surface area (Å²) < 4.78 is 0. The highest BCUT2D eigenvalue weighted by Crippen LogP contribution is 2.37. The average molecular weight is 362 g/mol. The maximum absolute atomic E-state index is 13.1. The summed E-state index contributed by atoms with van der Waals surface area (Å²) in [6, 6.07) is 23.5. The van der Waals surface area contributed by atoms with Gasteiger partial charge in [0.15, 0.2) is 0 Å². The van der Waals surface area contributed by atoms with E-state index < -0.39 is 0 Å². The summed E-state index contributed by atoms with van der Waals surface area (Å²) in [6.07, 6.45) is 0. The van der Waals surface area contributed by atoms with Gasteiger partial charge in [0.05, 0.1) is 0 Å². The van der Waals surface area contributed by atoms with Crippen molar-refractivity contribution in [1.82, 2.24) is 0 Å². The third kappa shape index (κ3) is 4.46. The third-order valence-electron chi connectivity index (χ3n) is 4.10. The second-order valence-corrected chi connectivity index (χ2v) is 7.47. The molecule has 0 aliphatic rings. The first-order valence-electron chi connectivity index (χ1n) is 8.48. The lowest BCUT2D eigenvalue weighted by atomic mass is 10.1. The average Bonchev–Trinajstić information content (AvgIpc) is 2.63. The van der Waals surface area contributed by atoms with Gasteiger partial charge in [-0.1, -0.05) is 48.5 Å². The maximum Gasteiger partial charge on any atom is 0.242 e. The molecule has 0 saturated heterocycles. The van der Waals surface area contributed by atoms with Gasteiger partial charge in [0.2, 0.25) is 5.91 Å². The summed E-state index contributed by atoms with van der Waals surface area (Å²) >= 11 is 1.50. The topological polar surface area (TPSA) is 55.1 Å². The number of carbonyl (C=O) groups is 1. The zero-order valence-corrected chi connectivity index (χ0v) is 15.7. The number of thioether (sulfide) groups is 1. The van der Waals surface area contributed by atoms with Crippen LogP contribution in [0.25, 0.3) is 0 Å². The molecule has 0 aliphatic carbocycles. The Morgan fingerprint density at radius 2 is 1.73 bits per heavy atom. The minimum atomic E-state index is -0.363. The molecule has 132 valence electrons. The fourth-order valence-electron chi connectivity index (χ4n) is 2.69. The Hall–Kier alpha value is -2.72. The lowest BCUT2D eigenvalue weighted by molar-refractivity contribution is -0.115. The predicted octanol–water partition coefficient (Wildman–Crippen LogP) is 5.36. The van der Waals surface area contributed by atoms with Gasteiger partial charge in [0.25, 0.3) is 0 Å². The zero-order valence-electron chi connectivity index (χ0n) is 14.9. The summed E-state index contributed by atoms with van der Waals surface area (Å²) in [7, 11) is 0. The Morgan fingerprint density at radius 1 is 0.962 bits per heavy atom. The highest BCUT2D eigenvalue weighted by atomic mass is 32.2. The van der Waals surface area contributed by atoms with Crippen LogP contribution in [0.5, 0.6) is 0 Å². The molecule has 26 heavy (non-hydrogen) atoms. The first kappa shape index (κ1) is 18.1. The fraction of sp³-hybridized carbons (Fsp3) is 0.136. The van der Waals surface area contributed by atoms with Crippen LogP contribution in [0, 0.1) is 13.8 Å². The summed E-state index contributed by atoms with van der Waals surface area (Å²) in [5.41, 5.74) is 10.6. The predicted molar refractivity (Wildman–Crippen MR) is 110 cm³/mol. The molecular formula is C22H22N2OS. The molecule has 0 aromatic heterocycles. The van der Waals surface area contributed by atoms with Gasteiger partial charge in [-0.3, -0.25) is 4.79 Å². The van der Waals surface area contributed by atoms with Gasteiger partial charge in [-0.25, -0.2) is 0 Å². The molecule has 0 aliphatic heterocycles. The Balaban J connectivity index is 1.90. The normalized spacial score (nSPS) is 11.8. The first-order chi connectivity index (χ1) is 12.5. The van der Waals surface area contributed by atoms with Crippen molar-refractivity contribution < 1.29 is 4.79 Å². The zero-order chi connectivity index (χ0) is 18.5. The second-order valence-electron chi connectivity index (χ2n) is 6.29. The number of nitrogens with one attached hydrogen (secondary N) is 1. The van der Waals surface area contributed by atoms with Crippen molar-refractivity contribution in [3.63, 3.8) is 0 Å². The third-order valence-corrected chi connectivity index (χ3v) is 5.35. The van der Waals surface area contributed by atoms with Crippen LogP contribution in [-0.4, -0.2) is 5.91 Å². The van der Waals surface area contributed by atoms with Crippen molar-refractivity contribution in [3.8, 4) is 0 Å². The van der Waals surface area contributed by atoms with Gasteiger partial charge in [-0.2, -0.15) is 0 Å². The monoisotopic (exact) mass is 362 g/mol. The van der Waals surface area contributed by atoms with Gasteiger partial charge in [0.1, 0.15) is 5.25 Å². The van der Waals surface area contributed by atoms with E-state index in [1.54, 1.807) is 0 Å². The number of carbonyl (C=O) groups excluding carboxylic acids is 1. The molecule has 3 N–H and O–H groups in total. The molecule has 0 spiro atoms. The first-order valence-corrected chi connectivity index (χ1v) is 9.36. The number of benzene rings is 3. The van der Waals surface area contributed by atoms with Gasteiger partial charge in [-0.15, -0.1) is 11.8 Å². The lowest BCUT2D eigenvalue weighted by Gasteiger charge is -2.18. The second kappa shape index (κ2) is 8.11. The number of hydrogen-bond donors (Lipinski definition) is 2. The molecule has 3 aromatic carbocycles. The molecule has 0 heterocycles. The van der Waals surface area contributed by atoms with E-state index in [-0.39, 0.29) is 11.2 Å². The number of amides is 1. The van der Waals surface area contributed by atoms with E-state index in [9.17, 15) is 4.79 Å². The maximum atomic E-state index is 13.1. The number of rotatable bonds is 5. The van der Waals surface area contributed by atoms with Crippen LogP contribution >= 0.6 is 11.8 Å². The van der Waals surface area contributed by atoms with Crippen LogP contribution in [0.1, 0.15) is 21.9 Å². The van der Waals surface area contributed by atoms with E-state index in [4.69, 9.17) is 5.73 Å². The molecule has 3 nitrogen and oxygen atoms in total. The molecule has 0 radical (unpaired) electrons. The highest BCUT2D eigenvalue weighted by molar-refractivity contribution is 8.00. The van der Waals surface area contributed by atoms with Crippen molar-refractivity contribution in [2.75, 3.05) is 11.1 Å². The van der Waals surface area contributed by atoms with Crippen molar-refractivity contribution in [2.24, 2.45) is 0 Å². The molecular weight excluding hydrogens is 340 g/mol. The van der Waals surface area contributed by atoms with E-state index >= 15 is 0 Å². The fourth-order valence-corrected chi connectivity index (χ4v) is 3.79. The van der Waals surface area contributed by atoms with Crippen LogP contribution in [0.15, 0.2) is 77.7 Å². The minimum absolute atomic E-state index is 0.0441. The van der Waals surface area contributed by atoms with Gasteiger partial charge < -0.3 is 11.1 Å². The van der Waals surface area contributed by atoms with Gasteiger partial charge in [0, 0.05) is 16.3 Å². The molecule has 1 unspecified atom stereocenters. The largest absolute Gasteiger partial charge is 0.399 e. The SMILES string of the molecule is Cc1ccc(C)c(NC(=O)C(Sc2cccc(N)c2)c2ccccc2)c1. The van der Waals surface area contributed by atoms with E-state index in [2.05, 4.69) is 5.32 Å². The lowest BCUT2D eigenvalue weighted by Crippen LogP contribution is -2.19. The summed E-state index contributed by atoms with van der Waals surface area (Å²) in [6.45, 7) is 4.02. The Labute approximate surface area is 158 Å². The van der Waals surface area contributed by atoms with Crippen molar-refractivity contribution in [2.45, 2.75) is 24.0 Å². The van der Waals surface area contributed by atoms with Gasteiger partial charge in [-0.05, 0) is 54.8 Å². The summed E-state index contributed by atoms with van der Waals surface area (Å²) in [4.78, 5) is 14.1. The number of anilines is 2. The van der Waals surface area contributed by atoms with Gasteiger partial charge >= 0.3 is 0 Å². The van der Waals surface area contributed by atoms with E-state index in [0.29, 0.717) is 5.69 Å². The highest BCUT2D eigenvalue weighted by Gasteiger charge is 2.22. The molecule has 1 amide bonds. The molecule has 3 aromatic rings. The number of aryl methyl sites for hydroxylation is 2. The molecule has 0 bridgehead atoms. The molecule has 4 heteroatoms. The van der Waals surface area contributed by atoms with Crippen LogP contribution in [0.4, 0.5) is 11.4 Å². The van der Waals surface area contributed by atoms with Crippen molar-refractivity contribution in [1.29, 1.82) is 0 Å². The van der Waals surface area contributed by atoms with Crippen molar-refractivity contribution in [3.05, 3.63) is 89.5 Å². The van der Waals surface area contributed by atoms with Crippen LogP contribution in [-0.2, 0) is 4.79 Å². The number of nitrogen functional groups attached to an aromatic ring is 1. The van der Waals surface area contributed by atoms with E-state index in [1.807, 2.05) is 86.6 Å².